The van der Waals surface area contributed by atoms with Gasteiger partial charge in [-0.15, -0.1) is 0 Å². The molecule has 1 aromatic carbocycles. The first-order chi connectivity index (χ1) is 11.2. The smallest absolute Gasteiger partial charge is 0.319 e. The molecule has 0 radical (unpaired) electrons. The van der Waals surface area contributed by atoms with Gasteiger partial charge < -0.3 is 16.0 Å². The van der Waals surface area contributed by atoms with E-state index in [0.717, 1.165) is 30.9 Å². The lowest BCUT2D eigenvalue weighted by Gasteiger charge is -2.17. The quantitative estimate of drug-likeness (QED) is 0.813. The monoisotopic (exact) mass is 314 g/mol. The second-order valence-corrected chi connectivity index (χ2v) is 5.45. The van der Waals surface area contributed by atoms with Crippen LogP contribution in [-0.4, -0.2) is 24.1 Å². The number of nitrogens with zero attached hydrogens (tertiary/aromatic N) is 1. The number of carbonyl (C=O) groups excluding carboxylic acids is 1. The molecule has 2 amide bonds. The Balaban J connectivity index is 1.49. The number of pyridine rings is 1. The van der Waals surface area contributed by atoms with Crippen molar-refractivity contribution in [1.29, 1.82) is 0 Å². The SMILES string of the molecule is O=C(NCCc1ccc2c(n1)NCCC2)Nc1ccccc1F. The molecule has 5 nitrogen and oxygen atoms in total. The molecule has 0 saturated heterocycles. The lowest BCUT2D eigenvalue weighted by Crippen LogP contribution is -2.31. The van der Waals surface area contributed by atoms with E-state index >= 15 is 0 Å². The van der Waals surface area contributed by atoms with Crippen molar-refractivity contribution in [1.82, 2.24) is 10.3 Å². The Bertz CT molecular complexity index is 705. The average molecular weight is 314 g/mol. The van der Waals surface area contributed by atoms with E-state index in [1.165, 1.54) is 17.7 Å². The number of anilines is 2. The van der Waals surface area contributed by atoms with Gasteiger partial charge in [-0.3, -0.25) is 0 Å². The Morgan fingerprint density at radius 3 is 3.00 bits per heavy atom. The maximum Gasteiger partial charge on any atom is 0.319 e. The molecule has 6 heteroatoms. The molecule has 0 unspecified atom stereocenters. The van der Waals surface area contributed by atoms with E-state index in [0.29, 0.717) is 13.0 Å². The number of carbonyl (C=O) groups is 1. The van der Waals surface area contributed by atoms with Gasteiger partial charge >= 0.3 is 6.03 Å². The van der Waals surface area contributed by atoms with Crippen LogP contribution in [0.4, 0.5) is 20.7 Å². The number of benzene rings is 1. The Morgan fingerprint density at radius 2 is 2.13 bits per heavy atom. The van der Waals surface area contributed by atoms with Crippen LogP contribution in [0.1, 0.15) is 17.7 Å². The minimum atomic E-state index is -0.454. The summed E-state index contributed by atoms with van der Waals surface area (Å²) in [6.45, 7) is 1.39. The molecule has 1 aromatic heterocycles. The number of rotatable bonds is 4. The van der Waals surface area contributed by atoms with Crippen LogP contribution >= 0.6 is 0 Å². The highest BCUT2D eigenvalue weighted by Gasteiger charge is 2.10. The predicted octanol–water partition coefficient (Wildman–Crippen LogP) is 2.94. The fourth-order valence-corrected chi connectivity index (χ4v) is 2.54. The summed E-state index contributed by atoms with van der Waals surface area (Å²) in [5, 5.41) is 8.49. The summed E-state index contributed by atoms with van der Waals surface area (Å²) in [5.41, 5.74) is 2.33. The lowest BCUT2D eigenvalue weighted by atomic mass is 10.1. The Labute approximate surface area is 134 Å². The Kier molecular flexibility index (Phi) is 4.71. The highest BCUT2D eigenvalue weighted by Crippen LogP contribution is 2.19. The number of aromatic nitrogens is 1. The van der Waals surface area contributed by atoms with E-state index < -0.39 is 11.8 Å². The summed E-state index contributed by atoms with van der Waals surface area (Å²) in [7, 11) is 0. The maximum absolute atomic E-state index is 13.4. The van der Waals surface area contributed by atoms with Gasteiger partial charge in [0.1, 0.15) is 11.6 Å². The molecule has 0 spiro atoms. The minimum Gasteiger partial charge on any atom is -0.370 e. The number of aryl methyl sites for hydroxylation is 1. The molecule has 2 aromatic rings. The zero-order valence-electron chi connectivity index (χ0n) is 12.7. The summed E-state index contributed by atoms with van der Waals surface area (Å²) in [6, 6.07) is 9.72. The van der Waals surface area contributed by atoms with Crippen LogP contribution in [0, 0.1) is 5.82 Å². The summed E-state index contributed by atoms with van der Waals surface area (Å²) in [5.74, 6) is 0.495. The molecule has 23 heavy (non-hydrogen) atoms. The predicted molar refractivity (Wildman–Crippen MR) is 88.2 cm³/mol. The maximum atomic E-state index is 13.4. The van der Waals surface area contributed by atoms with Crippen LogP contribution in [0.2, 0.25) is 0 Å². The summed E-state index contributed by atoms with van der Waals surface area (Å²) >= 11 is 0. The topological polar surface area (TPSA) is 66.0 Å². The van der Waals surface area contributed by atoms with Crippen molar-refractivity contribution in [3.8, 4) is 0 Å². The molecule has 1 aliphatic rings. The molecule has 0 aliphatic carbocycles. The second-order valence-electron chi connectivity index (χ2n) is 5.45. The van der Waals surface area contributed by atoms with Crippen LogP contribution in [0.5, 0.6) is 0 Å². The summed E-state index contributed by atoms with van der Waals surface area (Å²) < 4.78 is 13.4. The number of para-hydroxylation sites is 1. The molecule has 0 bridgehead atoms. The van der Waals surface area contributed by atoms with Crippen molar-refractivity contribution in [2.45, 2.75) is 19.3 Å². The number of halogens is 1. The number of urea groups is 1. The van der Waals surface area contributed by atoms with Gasteiger partial charge in [0.2, 0.25) is 0 Å². The summed E-state index contributed by atoms with van der Waals surface area (Å²) in [4.78, 5) is 16.3. The standard InChI is InChI=1S/C17H19FN4O/c18-14-5-1-2-6-15(14)22-17(23)20-11-9-13-8-7-12-4-3-10-19-16(12)21-13/h1-2,5-8H,3-4,9-11H2,(H,19,21)(H2,20,22,23). The van der Waals surface area contributed by atoms with Crippen molar-refractivity contribution >= 4 is 17.5 Å². The molecule has 2 heterocycles. The van der Waals surface area contributed by atoms with Crippen molar-refractivity contribution in [3.05, 3.63) is 53.5 Å². The molecule has 3 rings (SSSR count). The van der Waals surface area contributed by atoms with Crippen LogP contribution in [0.3, 0.4) is 0 Å². The van der Waals surface area contributed by atoms with Crippen LogP contribution in [0.25, 0.3) is 0 Å². The van der Waals surface area contributed by atoms with Crippen molar-refractivity contribution in [2.75, 3.05) is 23.7 Å². The van der Waals surface area contributed by atoms with Gasteiger partial charge in [0, 0.05) is 25.2 Å². The fraction of sp³-hybridized carbons (Fsp3) is 0.294. The molecule has 0 fully saturated rings. The third kappa shape index (κ3) is 3.97. The largest absolute Gasteiger partial charge is 0.370 e. The third-order valence-electron chi connectivity index (χ3n) is 3.74. The highest BCUT2D eigenvalue weighted by atomic mass is 19.1. The van der Waals surface area contributed by atoms with Gasteiger partial charge in [-0.05, 0) is 36.6 Å². The molecule has 1 aliphatic heterocycles. The van der Waals surface area contributed by atoms with Crippen LogP contribution in [0.15, 0.2) is 36.4 Å². The molecule has 3 N–H and O–H groups in total. The van der Waals surface area contributed by atoms with Gasteiger partial charge in [0.25, 0.3) is 0 Å². The highest BCUT2D eigenvalue weighted by molar-refractivity contribution is 5.89. The number of hydrogen-bond donors (Lipinski definition) is 3. The second kappa shape index (κ2) is 7.09. The van der Waals surface area contributed by atoms with Gasteiger partial charge in [-0.2, -0.15) is 0 Å². The Hall–Kier alpha value is -2.63. The fourth-order valence-electron chi connectivity index (χ4n) is 2.54. The number of amides is 2. The lowest BCUT2D eigenvalue weighted by molar-refractivity contribution is 0.252. The number of hydrogen-bond acceptors (Lipinski definition) is 3. The van der Waals surface area contributed by atoms with Gasteiger partial charge in [0.05, 0.1) is 5.69 Å². The molecule has 0 saturated carbocycles. The van der Waals surface area contributed by atoms with Crippen LogP contribution < -0.4 is 16.0 Å². The Morgan fingerprint density at radius 1 is 1.26 bits per heavy atom. The van der Waals surface area contributed by atoms with Crippen molar-refractivity contribution in [2.24, 2.45) is 0 Å². The van der Waals surface area contributed by atoms with E-state index in [1.807, 2.05) is 6.07 Å². The van der Waals surface area contributed by atoms with E-state index in [9.17, 15) is 9.18 Å². The first-order valence-electron chi connectivity index (χ1n) is 7.74. The first-order valence-corrected chi connectivity index (χ1v) is 7.74. The van der Waals surface area contributed by atoms with Gasteiger partial charge in [-0.1, -0.05) is 18.2 Å². The third-order valence-corrected chi connectivity index (χ3v) is 3.74. The van der Waals surface area contributed by atoms with Gasteiger partial charge in [0.15, 0.2) is 0 Å². The van der Waals surface area contributed by atoms with Gasteiger partial charge in [-0.25, -0.2) is 14.2 Å². The normalized spacial score (nSPS) is 12.9. The van der Waals surface area contributed by atoms with Crippen molar-refractivity contribution < 1.29 is 9.18 Å². The van der Waals surface area contributed by atoms with E-state index in [4.69, 9.17) is 0 Å². The van der Waals surface area contributed by atoms with Crippen LogP contribution in [-0.2, 0) is 12.8 Å². The van der Waals surface area contributed by atoms with E-state index in [-0.39, 0.29) is 5.69 Å². The molecular weight excluding hydrogens is 295 g/mol. The van der Waals surface area contributed by atoms with E-state index in [2.05, 4.69) is 27.0 Å². The molecule has 0 atom stereocenters. The summed E-state index contributed by atoms with van der Waals surface area (Å²) in [6.07, 6.45) is 2.81. The van der Waals surface area contributed by atoms with E-state index in [1.54, 1.807) is 12.1 Å². The zero-order valence-corrected chi connectivity index (χ0v) is 12.7. The number of fused-ring (bicyclic) bond motifs is 1. The number of nitrogens with one attached hydrogen (secondary N) is 3. The molecular formula is C17H19FN4O. The molecule has 120 valence electrons. The zero-order chi connectivity index (χ0) is 16.1. The van der Waals surface area contributed by atoms with Crippen molar-refractivity contribution in [3.63, 3.8) is 0 Å². The average Bonchev–Trinajstić information content (AvgIpc) is 2.57. The minimum absolute atomic E-state index is 0.168. The first kappa shape index (κ1) is 15.3.